The van der Waals surface area contributed by atoms with Crippen LogP contribution in [0, 0.1) is 27.7 Å². The van der Waals surface area contributed by atoms with Crippen molar-refractivity contribution in [1.29, 1.82) is 0 Å². The van der Waals surface area contributed by atoms with Crippen molar-refractivity contribution in [2.45, 2.75) is 73.1 Å². The van der Waals surface area contributed by atoms with Gasteiger partial charge in [0.1, 0.15) is 5.75 Å². The maximum absolute atomic E-state index is 6.24. The molecule has 0 spiro atoms. The molecule has 0 saturated heterocycles. The largest absolute Gasteiger partial charge is 0.493 e. The molecule has 4 aromatic rings. The van der Waals surface area contributed by atoms with E-state index in [2.05, 4.69) is 87.7 Å². The lowest BCUT2D eigenvalue weighted by molar-refractivity contribution is 0.300. The lowest BCUT2D eigenvalue weighted by Crippen LogP contribution is -2.03. The first-order chi connectivity index (χ1) is 15.5. The average molecular weight is 428 g/mol. The molecule has 0 radical (unpaired) electrons. The SMILES string of the molecule is CCCCCCCCOc1c(C)cc(-n2c3ccc(C)cc3c3cc(C)ccc32)cc1C. The van der Waals surface area contributed by atoms with E-state index in [9.17, 15) is 0 Å². The molecule has 0 fully saturated rings. The number of aryl methyl sites for hydroxylation is 4. The number of benzene rings is 3. The van der Waals surface area contributed by atoms with Crippen LogP contribution in [-0.2, 0) is 0 Å². The molecule has 1 heterocycles. The molecule has 0 amide bonds. The first-order valence-electron chi connectivity index (χ1n) is 12.3. The van der Waals surface area contributed by atoms with E-state index < -0.39 is 0 Å². The van der Waals surface area contributed by atoms with E-state index in [0.717, 1.165) is 18.8 Å². The van der Waals surface area contributed by atoms with Gasteiger partial charge in [-0.3, -0.25) is 0 Å². The topological polar surface area (TPSA) is 14.2 Å². The first kappa shape index (κ1) is 22.5. The van der Waals surface area contributed by atoms with Crippen molar-refractivity contribution in [1.82, 2.24) is 4.57 Å². The van der Waals surface area contributed by atoms with Gasteiger partial charge in [-0.15, -0.1) is 0 Å². The molecule has 4 rings (SSSR count). The van der Waals surface area contributed by atoms with E-state index in [1.807, 2.05) is 0 Å². The van der Waals surface area contributed by atoms with Crippen LogP contribution < -0.4 is 4.74 Å². The van der Waals surface area contributed by atoms with E-state index in [0.29, 0.717) is 0 Å². The van der Waals surface area contributed by atoms with E-state index in [1.165, 1.54) is 81.9 Å². The monoisotopic (exact) mass is 427 g/mol. The maximum atomic E-state index is 6.24. The Morgan fingerprint density at radius 2 is 1.19 bits per heavy atom. The molecule has 0 N–H and O–H groups in total. The highest BCUT2D eigenvalue weighted by molar-refractivity contribution is 6.09. The molecule has 1 aromatic heterocycles. The summed E-state index contributed by atoms with van der Waals surface area (Å²) in [5, 5.41) is 2.64. The van der Waals surface area contributed by atoms with Crippen LogP contribution in [0.4, 0.5) is 0 Å². The Balaban J connectivity index is 1.64. The molecule has 0 unspecified atom stereocenters. The second kappa shape index (κ2) is 9.81. The molecule has 2 nitrogen and oxygen atoms in total. The summed E-state index contributed by atoms with van der Waals surface area (Å²) in [6, 6.07) is 18.1. The standard InChI is InChI=1S/C30H37NO/c1-6-7-8-9-10-11-16-32-30-23(4)19-25(20-24(30)5)31-28-14-12-21(2)17-26(28)27-18-22(3)13-15-29(27)31/h12-15,17-20H,6-11,16H2,1-5H3. The third kappa shape index (κ3) is 4.55. The minimum absolute atomic E-state index is 0.807. The zero-order valence-electron chi connectivity index (χ0n) is 20.4. The van der Waals surface area contributed by atoms with Crippen LogP contribution in [0.5, 0.6) is 5.75 Å². The zero-order chi connectivity index (χ0) is 22.7. The molecule has 0 atom stereocenters. The fourth-order valence-corrected chi connectivity index (χ4v) is 4.87. The van der Waals surface area contributed by atoms with Crippen LogP contribution in [-0.4, -0.2) is 11.2 Å². The van der Waals surface area contributed by atoms with Crippen molar-refractivity contribution in [2.75, 3.05) is 6.61 Å². The predicted octanol–water partition coefficient (Wildman–Crippen LogP) is 8.76. The van der Waals surface area contributed by atoms with Crippen molar-refractivity contribution >= 4 is 21.8 Å². The van der Waals surface area contributed by atoms with Crippen molar-refractivity contribution < 1.29 is 4.74 Å². The van der Waals surface area contributed by atoms with E-state index >= 15 is 0 Å². The number of aromatic nitrogens is 1. The van der Waals surface area contributed by atoms with Gasteiger partial charge in [-0.05, 0) is 81.6 Å². The van der Waals surface area contributed by atoms with Crippen molar-refractivity contribution in [3.63, 3.8) is 0 Å². The van der Waals surface area contributed by atoms with Crippen LogP contribution in [0.3, 0.4) is 0 Å². The Hall–Kier alpha value is -2.74. The summed E-state index contributed by atoms with van der Waals surface area (Å²) in [6.45, 7) is 11.8. The number of unbranched alkanes of at least 4 members (excludes halogenated alkanes) is 5. The Morgan fingerprint density at radius 3 is 1.75 bits per heavy atom. The Kier molecular flexibility index (Phi) is 6.89. The number of fused-ring (bicyclic) bond motifs is 3. The van der Waals surface area contributed by atoms with E-state index in [4.69, 9.17) is 4.74 Å². The normalized spacial score (nSPS) is 11.5. The molecular weight excluding hydrogens is 390 g/mol. The molecule has 3 aromatic carbocycles. The Morgan fingerprint density at radius 1 is 0.656 bits per heavy atom. The molecule has 0 bridgehead atoms. The third-order valence-electron chi connectivity index (χ3n) is 6.52. The Bertz CT molecular complexity index is 1150. The van der Waals surface area contributed by atoms with Crippen LogP contribution in [0.25, 0.3) is 27.5 Å². The number of hydrogen-bond acceptors (Lipinski definition) is 1. The van der Waals surface area contributed by atoms with Gasteiger partial charge in [0.25, 0.3) is 0 Å². The first-order valence-corrected chi connectivity index (χ1v) is 12.3. The minimum Gasteiger partial charge on any atom is -0.493 e. The zero-order valence-corrected chi connectivity index (χ0v) is 20.4. The predicted molar refractivity (Wildman–Crippen MR) is 139 cm³/mol. The summed E-state index contributed by atoms with van der Waals surface area (Å²) >= 11 is 0. The van der Waals surface area contributed by atoms with Gasteiger partial charge >= 0.3 is 0 Å². The van der Waals surface area contributed by atoms with E-state index in [-0.39, 0.29) is 0 Å². The molecular formula is C30H37NO. The highest BCUT2D eigenvalue weighted by Gasteiger charge is 2.15. The number of hydrogen-bond donors (Lipinski definition) is 0. The summed E-state index contributed by atoms with van der Waals surface area (Å²) in [7, 11) is 0. The summed E-state index contributed by atoms with van der Waals surface area (Å²) < 4.78 is 8.65. The van der Waals surface area contributed by atoms with Crippen molar-refractivity contribution in [3.8, 4) is 11.4 Å². The van der Waals surface area contributed by atoms with Crippen molar-refractivity contribution in [3.05, 3.63) is 70.8 Å². The second-order valence-corrected chi connectivity index (χ2v) is 9.40. The summed E-state index contributed by atoms with van der Waals surface area (Å²) in [4.78, 5) is 0. The number of ether oxygens (including phenoxy) is 1. The van der Waals surface area contributed by atoms with Crippen LogP contribution in [0.1, 0.15) is 67.7 Å². The smallest absolute Gasteiger partial charge is 0.125 e. The van der Waals surface area contributed by atoms with Gasteiger partial charge in [-0.2, -0.15) is 0 Å². The van der Waals surface area contributed by atoms with Gasteiger partial charge in [0, 0.05) is 16.5 Å². The van der Waals surface area contributed by atoms with Crippen LogP contribution in [0.15, 0.2) is 48.5 Å². The summed E-state index contributed by atoms with van der Waals surface area (Å²) in [6.07, 6.45) is 7.71. The lowest BCUT2D eigenvalue weighted by Gasteiger charge is -2.16. The summed E-state index contributed by atoms with van der Waals surface area (Å²) in [5.74, 6) is 1.05. The number of nitrogens with zero attached hydrogens (tertiary/aromatic N) is 1. The third-order valence-corrected chi connectivity index (χ3v) is 6.52. The van der Waals surface area contributed by atoms with Gasteiger partial charge in [-0.1, -0.05) is 62.3 Å². The second-order valence-electron chi connectivity index (χ2n) is 9.40. The summed E-state index contributed by atoms with van der Waals surface area (Å²) in [5.41, 5.74) is 8.74. The molecule has 0 aliphatic carbocycles. The van der Waals surface area contributed by atoms with Crippen LogP contribution >= 0.6 is 0 Å². The highest BCUT2D eigenvalue weighted by atomic mass is 16.5. The molecule has 0 saturated carbocycles. The fourth-order valence-electron chi connectivity index (χ4n) is 4.87. The van der Waals surface area contributed by atoms with Crippen molar-refractivity contribution in [2.24, 2.45) is 0 Å². The molecule has 32 heavy (non-hydrogen) atoms. The highest BCUT2D eigenvalue weighted by Crippen LogP contribution is 2.35. The molecule has 0 aliphatic heterocycles. The van der Waals surface area contributed by atoms with Gasteiger partial charge in [-0.25, -0.2) is 0 Å². The Labute approximate surface area is 193 Å². The number of rotatable bonds is 9. The van der Waals surface area contributed by atoms with Gasteiger partial charge in [0.15, 0.2) is 0 Å². The average Bonchev–Trinajstić information content (AvgIpc) is 3.07. The maximum Gasteiger partial charge on any atom is 0.125 e. The molecule has 2 heteroatoms. The van der Waals surface area contributed by atoms with Gasteiger partial charge in [0.05, 0.1) is 17.6 Å². The molecule has 0 aliphatic rings. The lowest BCUT2D eigenvalue weighted by atomic mass is 10.1. The minimum atomic E-state index is 0.807. The van der Waals surface area contributed by atoms with Gasteiger partial charge in [0.2, 0.25) is 0 Å². The van der Waals surface area contributed by atoms with Gasteiger partial charge < -0.3 is 9.30 Å². The van der Waals surface area contributed by atoms with E-state index in [1.54, 1.807) is 0 Å². The quantitative estimate of drug-likeness (QED) is 0.243. The molecule has 168 valence electrons. The fraction of sp³-hybridized carbons (Fsp3) is 0.400. The van der Waals surface area contributed by atoms with Crippen LogP contribution in [0.2, 0.25) is 0 Å².